The van der Waals surface area contributed by atoms with E-state index in [1.807, 2.05) is 44.2 Å². The Kier molecular flexibility index (Phi) is 5.74. The molecule has 29 heavy (non-hydrogen) atoms. The van der Waals surface area contributed by atoms with Gasteiger partial charge in [0.1, 0.15) is 12.2 Å². The van der Waals surface area contributed by atoms with E-state index in [0.717, 1.165) is 11.1 Å². The molecule has 2 N–H and O–H groups in total. The van der Waals surface area contributed by atoms with E-state index >= 15 is 0 Å². The van der Waals surface area contributed by atoms with E-state index in [4.69, 9.17) is 13.7 Å². The molecule has 2 bridgehead atoms. The molecule has 7 nitrogen and oxygen atoms in total. The molecule has 0 saturated carbocycles. The predicted molar refractivity (Wildman–Crippen MR) is 106 cm³/mol. The van der Waals surface area contributed by atoms with Gasteiger partial charge in [0.2, 0.25) is 0 Å². The van der Waals surface area contributed by atoms with Gasteiger partial charge in [0.05, 0.1) is 17.5 Å². The molecule has 2 aromatic rings. The molecule has 0 spiro atoms. The molecule has 156 valence electrons. The fourth-order valence-corrected chi connectivity index (χ4v) is 4.81. The second kappa shape index (κ2) is 8.14. The van der Waals surface area contributed by atoms with Gasteiger partial charge in [-0.25, -0.2) is 0 Å². The summed E-state index contributed by atoms with van der Waals surface area (Å²) in [5.41, 5.74) is 1.98. The average Bonchev–Trinajstić information content (AvgIpc) is 3.16. The van der Waals surface area contributed by atoms with E-state index in [9.17, 15) is 13.5 Å². The molecule has 0 aromatic heterocycles. The molecule has 0 radical (unpaired) electrons. The fraction of sp³-hybridized carbons (Fsp3) is 0.429. The highest BCUT2D eigenvalue weighted by atomic mass is 32.2. The first-order valence-corrected chi connectivity index (χ1v) is 11.0. The van der Waals surface area contributed by atoms with Crippen LogP contribution >= 0.6 is 0 Å². The monoisotopic (exact) mass is 419 g/mol. The van der Waals surface area contributed by atoms with Gasteiger partial charge >= 0.3 is 0 Å². The summed E-state index contributed by atoms with van der Waals surface area (Å²) in [6.45, 7) is 4.10. The molecular weight excluding hydrogens is 394 g/mol. The summed E-state index contributed by atoms with van der Waals surface area (Å²) in [6.07, 6.45) is -3.60. The largest absolute Gasteiger partial charge is 0.388 e. The quantitative estimate of drug-likeness (QED) is 0.691. The van der Waals surface area contributed by atoms with Gasteiger partial charge in [0.25, 0.3) is 10.1 Å². The topological polar surface area (TPSA) is 94.1 Å². The average molecular weight is 419 g/mol. The Morgan fingerprint density at radius 3 is 2.52 bits per heavy atom. The van der Waals surface area contributed by atoms with Gasteiger partial charge in [0, 0.05) is 6.04 Å². The molecule has 2 aromatic carbocycles. The van der Waals surface area contributed by atoms with Crippen LogP contribution in [0.2, 0.25) is 0 Å². The number of aliphatic hydroxyl groups is 1. The smallest absolute Gasteiger partial charge is 0.297 e. The van der Waals surface area contributed by atoms with Gasteiger partial charge in [-0.3, -0.25) is 4.18 Å². The lowest BCUT2D eigenvalue weighted by Crippen LogP contribution is -2.60. The van der Waals surface area contributed by atoms with Crippen LogP contribution < -0.4 is 5.32 Å². The fourth-order valence-electron chi connectivity index (χ4n) is 3.73. The second-order valence-corrected chi connectivity index (χ2v) is 9.09. The molecule has 0 unspecified atom stereocenters. The van der Waals surface area contributed by atoms with Crippen molar-refractivity contribution in [3.05, 3.63) is 65.7 Å². The van der Waals surface area contributed by atoms with Crippen LogP contribution in [-0.2, 0) is 23.8 Å². The summed E-state index contributed by atoms with van der Waals surface area (Å²) in [4.78, 5) is 0.0255. The minimum atomic E-state index is -4.09. The van der Waals surface area contributed by atoms with Crippen molar-refractivity contribution in [1.82, 2.24) is 5.32 Å². The standard InChI is InChI=1S/C21H25NO6S/c1-13-8-10-16(11-9-13)29(24,25)28-20-19(23)18(17-12-26-21(20)27-17)22-14(2)15-6-4-3-5-7-15/h3-11,14,17-23H,12H2,1-2H3/t14-,17+,18+,19+,20+,21+/m0/s1. The van der Waals surface area contributed by atoms with Crippen molar-refractivity contribution in [3.8, 4) is 0 Å². The van der Waals surface area contributed by atoms with Crippen LogP contribution in [0, 0.1) is 6.92 Å². The third kappa shape index (κ3) is 4.23. The summed E-state index contributed by atoms with van der Waals surface area (Å²) in [7, 11) is -4.09. The number of hydrogen-bond acceptors (Lipinski definition) is 7. The lowest BCUT2D eigenvalue weighted by atomic mass is 9.96. The number of rotatable bonds is 6. The minimum absolute atomic E-state index is 0.0255. The highest BCUT2D eigenvalue weighted by Gasteiger charge is 2.52. The van der Waals surface area contributed by atoms with Gasteiger partial charge in [-0.2, -0.15) is 8.42 Å². The van der Waals surface area contributed by atoms with E-state index in [-0.39, 0.29) is 23.6 Å². The summed E-state index contributed by atoms with van der Waals surface area (Å²) >= 11 is 0. The lowest BCUT2D eigenvalue weighted by molar-refractivity contribution is -0.193. The number of fused-ring (bicyclic) bond motifs is 2. The maximum absolute atomic E-state index is 12.7. The number of nitrogens with one attached hydrogen (secondary N) is 1. The molecule has 2 saturated heterocycles. The van der Waals surface area contributed by atoms with Crippen molar-refractivity contribution in [3.63, 3.8) is 0 Å². The van der Waals surface area contributed by atoms with Crippen molar-refractivity contribution in [2.75, 3.05) is 6.61 Å². The zero-order chi connectivity index (χ0) is 20.6. The van der Waals surface area contributed by atoms with Gasteiger partial charge in [-0.05, 0) is 31.5 Å². The summed E-state index contributed by atoms with van der Waals surface area (Å²) in [5.74, 6) is 0. The van der Waals surface area contributed by atoms with E-state index in [1.54, 1.807) is 12.1 Å². The molecule has 6 atom stereocenters. The Balaban J connectivity index is 1.52. The number of ether oxygens (including phenoxy) is 2. The first kappa shape index (κ1) is 20.5. The van der Waals surface area contributed by atoms with Crippen LogP contribution in [0.25, 0.3) is 0 Å². The summed E-state index contributed by atoms with van der Waals surface area (Å²) in [6, 6.07) is 15.5. The number of aryl methyl sites for hydroxylation is 1. The summed E-state index contributed by atoms with van der Waals surface area (Å²) in [5, 5.41) is 14.3. The van der Waals surface area contributed by atoms with Crippen molar-refractivity contribution in [1.29, 1.82) is 0 Å². The Bertz CT molecular complexity index is 933. The zero-order valence-corrected chi connectivity index (χ0v) is 17.1. The molecule has 2 aliphatic rings. The van der Waals surface area contributed by atoms with Gasteiger partial charge in [-0.1, -0.05) is 48.0 Å². The molecule has 2 fully saturated rings. The van der Waals surface area contributed by atoms with E-state index < -0.39 is 34.7 Å². The Morgan fingerprint density at radius 2 is 1.83 bits per heavy atom. The van der Waals surface area contributed by atoms with Crippen LogP contribution in [0.5, 0.6) is 0 Å². The van der Waals surface area contributed by atoms with Crippen molar-refractivity contribution in [2.45, 2.75) is 55.4 Å². The van der Waals surface area contributed by atoms with Gasteiger partial charge in [-0.15, -0.1) is 0 Å². The first-order valence-electron chi connectivity index (χ1n) is 9.61. The lowest BCUT2D eigenvalue weighted by Gasteiger charge is -2.39. The van der Waals surface area contributed by atoms with Crippen molar-refractivity contribution in [2.24, 2.45) is 0 Å². The molecule has 0 amide bonds. The zero-order valence-electron chi connectivity index (χ0n) is 16.3. The first-order chi connectivity index (χ1) is 13.8. The van der Waals surface area contributed by atoms with E-state index in [0.29, 0.717) is 0 Å². The minimum Gasteiger partial charge on any atom is -0.388 e. The Morgan fingerprint density at radius 1 is 1.14 bits per heavy atom. The molecule has 4 rings (SSSR count). The summed E-state index contributed by atoms with van der Waals surface area (Å²) < 4.78 is 42.2. The molecule has 8 heteroatoms. The third-order valence-corrected chi connectivity index (χ3v) is 6.72. The van der Waals surface area contributed by atoms with E-state index in [1.165, 1.54) is 12.1 Å². The van der Waals surface area contributed by atoms with Crippen LogP contribution in [0.3, 0.4) is 0 Å². The number of benzene rings is 2. The van der Waals surface area contributed by atoms with Gasteiger partial charge in [0.15, 0.2) is 12.4 Å². The Hall–Kier alpha value is -1.81. The van der Waals surface area contributed by atoms with Crippen LogP contribution in [0.1, 0.15) is 24.1 Å². The predicted octanol–water partition coefficient (Wildman–Crippen LogP) is 1.90. The molecule has 2 heterocycles. The Labute approximate surface area is 170 Å². The van der Waals surface area contributed by atoms with Crippen molar-refractivity contribution >= 4 is 10.1 Å². The normalized spacial score (nSPS) is 30.2. The SMILES string of the molecule is Cc1ccc(S(=O)(=O)O[C@H]2[C@@H]3OC[C@@H](O3)[C@@H](N[C@@H](C)c3ccccc3)[C@H]2O)cc1. The third-order valence-electron chi connectivity index (χ3n) is 5.40. The number of aliphatic hydroxyl groups excluding tert-OH is 1. The highest BCUT2D eigenvalue weighted by Crippen LogP contribution is 2.33. The highest BCUT2D eigenvalue weighted by molar-refractivity contribution is 7.86. The maximum Gasteiger partial charge on any atom is 0.297 e. The molecule has 2 aliphatic heterocycles. The van der Waals surface area contributed by atoms with Gasteiger partial charge < -0.3 is 19.9 Å². The molecule has 0 aliphatic carbocycles. The van der Waals surface area contributed by atoms with Crippen LogP contribution in [-0.4, -0.2) is 50.8 Å². The van der Waals surface area contributed by atoms with Crippen molar-refractivity contribution < 1.29 is 27.2 Å². The van der Waals surface area contributed by atoms with Crippen LogP contribution in [0.15, 0.2) is 59.5 Å². The maximum atomic E-state index is 12.7. The second-order valence-electron chi connectivity index (χ2n) is 7.52. The molecular formula is C21H25NO6S. The number of hydrogen-bond donors (Lipinski definition) is 2. The van der Waals surface area contributed by atoms with Crippen LogP contribution in [0.4, 0.5) is 0 Å². The van der Waals surface area contributed by atoms with E-state index in [2.05, 4.69) is 5.32 Å².